The van der Waals surface area contributed by atoms with Gasteiger partial charge in [-0.05, 0) is 38.4 Å². The average Bonchev–Trinajstić information content (AvgIpc) is 2.37. The molecular weight excluding hydrogens is 214 g/mol. The molecule has 0 heterocycles. The minimum absolute atomic E-state index is 0.393. The second-order valence-corrected chi connectivity index (χ2v) is 4.08. The van der Waals surface area contributed by atoms with E-state index in [0.29, 0.717) is 6.04 Å². The smallest absolute Gasteiger partial charge is 0.122 e. The number of hydrogen-bond acceptors (Lipinski definition) is 3. The number of benzene rings is 1. The summed E-state index contributed by atoms with van der Waals surface area (Å²) >= 11 is 0. The molecule has 0 spiro atoms. The maximum absolute atomic E-state index is 5.36. The fourth-order valence-corrected chi connectivity index (χ4v) is 1.72. The van der Waals surface area contributed by atoms with E-state index in [1.807, 2.05) is 25.1 Å². The van der Waals surface area contributed by atoms with Gasteiger partial charge in [-0.2, -0.15) is 0 Å². The van der Waals surface area contributed by atoms with Gasteiger partial charge in [0.25, 0.3) is 0 Å². The molecule has 0 fully saturated rings. The summed E-state index contributed by atoms with van der Waals surface area (Å²) in [4.78, 5) is 0. The van der Waals surface area contributed by atoms with Crippen molar-refractivity contribution in [2.75, 3.05) is 26.9 Å². The van der Waals surface area contributed by atoms with E-state index >= 15 is 0 Å². The van der Waals surface area contributed by atoms with Gasteiger partial charge in [0.1, 0.15) is 5.75 Å². The lowest BCUT2D eigenvalue weighted by atomic mass is 10.1. The van der Waals surface area contributed by atoms with Crippen molar-refractivity contribution in [3.8, 4) is 5.75 Å². The van der Waals surface area contributed by atoms with E-state index in [0.717, 1.165) is 31.9 Å². The van der Waals surface area contributed by atoms with Gasteiger partial charge in [-0.15, -0.1) is 0 Å². The molecule has 0 aliphatic heterocycles. The van der Waals surface area contributed by atoms with E-state index in [2.05, 4.69) is 18.3 Å². The van der Waals surface area contributed by atoms with Gasteiger partial charge in [0.05, 0.1) is 13.7 Å². The first-order valence-corrected chi connectivity index (χ1v) is 6.21. The summed E-state index contributed by atoms with van der Waals surface area (Å²) < 4.78 is 10.7. The van der Waals surface area contributed by atoms with E-state index < -0.39 is 0 Å². The van der Waals surface area contributed by atoms with Crippen molar-refractivity contribution in [3.63, 3.8) is 0 Å². The summed E-state index contributed by atoms with van der Waals surface area (Å²) in [6.07, 6.45) is 0.973. The van der Waals surface area contributed by atoms with Crippen LogP contribution in [0.25, 0.3) is 0 Å². The lowest BCUT2D eigenvalue weighted by molar-refractivity contribution is 0.127. The lowest BCUT2D eigenvalue weighted by Crippen LogP contribution is -2.32. The molecule has 0 aliphatic rings. The molecular formula is C14H23NO2. The molecule has 1 aromatic carbocycles. The van der Waals surface area contributed by atoms with Crippen molar-refractivity contribution < 1.29 is 9.47 Å². The van der Waals surface area contributed by atoms with Crippen LogP contribution in [0, 0.1) is 0 Å². The minimum Gasteiger partial charge on any atom is -0.496 e. The van der Waals surface area contributed by atoms with Gasteiger partial charge in [0, 0.05) is 12.6 Å². The minimum atomic E-state index is 0.393. The van der Waals surface area contributed by atoms with Crippen LogP contribution >= 0.6 is 0 Å². The summed E-state index contributed by atoms with van der Waals surface area (Å²) in [5.41, 5.74) is 1.24. The highest BCUT2D eigenvalue weighted by molar-refractivity contribution is 5.33. The summed E-state index contributed by atoms with van der Waals surface area (Å²) in [6.45, 7) is 6.63. The highest BCUT2D eigenvalue weighted by atomic mass is 16.5. The maximum Gasteiger partial charge on any atom is 0.122 e. The van der Waals surface area contributed by atoms with Crippen LogP contribution in [0.4, 0.5) is 0 Å². The molecule has 3 heteroatoms. The van der Waals surface area contributed by atoms with Crippen LogP contribution in [-0.4, -0.2) is 32.9 Å². The monoisotopic (exact) mass is 237 g/mol. The fourth-order valence-electron chi connectivity index (χ4n) is 1.72. The SMILES string of the molecule is CCOCC(C)NCCc1ccccc1OC. The zero-order valence-corrected chi connectivity index (χ0v) is 11.0. The molecule has 96 valence electrons. The Morgan fingerprint density at radius 1 is 1.29 bits per heavy atom. The Kier molecular flexibility index (Phi) is 6.67. The summed E-state index contributed by atoms with van der Waals surface area (Å²) in [5, 5.41) is 3.44. The molecule has 1 N–H and O–H groups in total. The maximum atomic E-state index is 5.36. The number of ether oxygens (including phenoxy) is 2. The third kappa shape index (κ3) is 5.20. The van der Waals surface area contributed by atoms with Gasteiger partial charge in [-0.25, -0.2) is 0 Å². The normalized spacial score (nSPS) is 12.4. The number of para-hydroxylation sites is 1. The summed E-state index contributed by atoms with van der Waals surface area (Å²) in [5.74, 6) is 0.965. The van der Waals surface area contributed by atoms with Gasteiger partial charge in [0.2, 0.25) is 0 Å². The van der Waals surface area contributed by atoms with Crippen LogP contribution in [0.3, 0.4) is 0 Å². The topological polar surface area (TPSA) is 30.5 Å². The largest absolute Gasteiger partial charge is 0.496 e. The first-order chi connectivity index (χ1) is 8.27. The zero-order chi connectivity index (χ0) is 12.5. The second kappa shape index (κ2) is 8.09. The van der Waals surface area contributed by atoms with Gasteiger partial charge >= 0.3 is 0 Å². The zero-order valence-electron chi connectivity index (χ0n) is 11.0. The summed E-state index contributed by atoms with van der Waals surface area (Å²) in [7, 11) is 1.71. The average molecular weight is 237 g/mol. The van der Waals surface area contributed by atoms with Crippen LogP contribution in [0.1, 0.15) is 19.4 Å². The van der Waals surface area contributed by atoms with Gasteiger partial charge in [-0.3, -0.25) is 0 Å². The highest BCUT2D eigenvalue weighted by Gasteiger charge is 2.03. The molecule has 17 heavy (non-hydrogen) atoms. The molecule has 0 saturated carbocycles. The van der Waals surface area contributed by atoms with Crippen molar-refractivity contribution in [2.45, 2.75) is 26.3 Å². The Morgan fingerprint density at radius 2 is 2.06 bits per heavy atom. The van der Waals surface area contributed by atoms with Crippen LogP contribution in [0.5, 0.6) is 5.75 Å². The molecule has 1 aromatic rings. The van der Waals surface area contributed by atoms with Crippen molar-refractivity contribution in [1.29, 1.82) is 0 Å². The van der Waals surface area contributed by atoms with Gasteiger partial charge in [0.15, 0.2) is 0 Å². The quantitative estimate of drug-likeness (QED) is 0.752. The van der Waals surface area contributed by atoms with Crippen LogP contribution in [-0.2, 0) is 11.2 Å². The van der Waals surface area contributed by atoms with Crippen LogP contribution in [0.15, 0.2) is 24.3 Å². The van der Waals surface area contributed by atoms with E-state index in [1.165, 1.54) is 5.56 Å². The highest BCUT2D eigenvalue weighted by Crippen LogP contribution is 2.17. The van der Waals surface area contributed by atoms with Crippen molar-refractivity contribution in [1.82, 2.24) is 5.32 Å². The van der Waals surface area contributed by atoms with Gasteiger partial charge in [-0.1, -0.05) is 18.2 Å². The second-order valence-electron chi connectivity index (χ2n) is 4.08. The van der Waals surface area contributed by atoms with Gasteiger partial charge < -0.3 is 14.8 Å². The Bertz CT molecular complexity index is 315. The molecule has 0 saturated heterocycles. The molecule has 3 nitrogen and oxygen atoms in total. The van der Waals surface area contributed by atoms with E-state index in [-0.39, 0.29) is 0 Å². The first-order valence-electron chi connectivity index (χ1n) is 6.21. The van der Waals surface area contributed by atoms with Crippen molar-refractivity contribution in [3.05, 3.63) is 29.8 Å². The standard InChI is InChI=1S/C14H23NO2/c1-4-17-11-12(2)15-10-9-13-7-5-6-8-14(13)16-3/h5-8,12,15H,4,9-11H2,1-3H3. The summed E-state index contributed by atoms with van der Waals surface area (Å²) in [6, 6.07) is 8.53. The molecule has 0 amide bonds. The molecule has 0 radical (unpaired) electrons. The first kappa shape index (κ1) is 14.0. The molecule has 0 aromatic heterocycles. The molecule has 1 atom stereocenters. The Balaban J connectivity index is 2.30. The lowest BCUT2D eigenvalue weighted by Gasteiger charge is -2.14. The van der Waals surface area contributed by atoms with Crippen molar-refractivity contribution in [2.24, 2.45) is 0 Å². The predicted molar refractivity (Wildman–Crippen MR) is 70.7 cm³/mol. The number of methoxy groups -OCH3 is 1. The third-order valence-electron chi connectivity index (χ3n) is 2.65. The Morgan fingerprint density at radius 3 is 2.76 bits per heavy atom. The predicted octanol–water partition coefficient (Wildman–Crippen LogP) is 2.25. The number of hydrogen-bond donors (Lipinski definition) is 1. The molecule has 0 aliphatic carbocycles. The van der Waals surface area contributed by atoms with E-state index in [9.17, 15) is 0 Å². The van der Waals surface area contributed by atoms with Crippen LogP contribution < -0.4 is 10.1 Å². The molecule has 1 rings (SSSR count). The number of nitrogens with one attached hydrogen (secondary N) is 1. The van der Waals surface area contributed by atoms with Crippen LogP contribution in [0.2, 0.25) is 0 Å². The number of rotatable bonds is 8. The fraction of sp³-hybridized carbons (Fsp3) is 0.571. The third-order valence-corrected chi connectivity index (χ3v) is 2.65. The Labute approximate surface area is 104 Å². The Hall–Kier alpha value is -1.06. The van der Waals surface area contributed by atoms with E-state index in [1.54, 1.807) is 7.11 Å². The van der Waals surface area contributed by atoms with E-state index in [4.69, 9.17) is 9.47 Å². The molecule has 0 bridgehead atoms. The molecule has 1 unspecified atom stereocenters. The van der Waals surface area contributed by atoms with Crippen molar-refractivity contribution >= 4 is 0 Å².